The number of nitrogens with one attached hydrogen (secondary N) is 1. The molecule has 0 saturated carbocycles. The first-order valence-electron chi connectivity index (χ1n) is 8.81. The van der Waals surface area contributed by atoms with Crippen LogP contribution in [0.15, 0.2) is 71.4 Å². The summed E-state index contributed by atoms with van der Waals surface area (Å²) in [5, 5.41) is 5.38. The van der Waals surface area contributed by atoms with E-state index in [1.165, 1.54) is 21.4 Å². The van der Waals surface area contributed by atoms with Gasteiger partial charge >= 0.3 is 0 Å². The molecule has 2 aromatic carbocycles. The summed E-state index contributed by atoms with van der Waals surface area (Å²) in [6, 6.07) is 20.9. The zero-order chi connectivity index (χ0) is 18.2. The highest BCUT2D eigenvalue weighted by molar-refractivity contribution is 7.18. The highest BCUT2D eigenvalue weighted by atomic mass is 32.1. The Balaban J connectivity index is 1.41. The zero-order valence-corrected chi connectivity index (χ0v) is 15.6. The molecule has 5 rings (SSSR count). The third kappa shape index (κ3) is 3.06. The molecule has 0 spiro atoms. The minimum atomic E-state index is 0.618. The summed E-state index contributed by atoms with van der Waals surface area (Å²) in [7, 11) is 0. The van der Waals surface area contributed by atoms with Crippen molar-refractivity contribution in [2.24, 2.45) is 0 Å². The quantitative estimate of drug-likeness (QED) is 0.431. The number of aromatic amines is 1. The SMILES string of the molecule is Cc1cccc(-c2ccc(-c3noc(Cc4c[nH]c5ccccc45)n3)s2)c1. The first kappa shape index (κ1) is 16.0. The van der Waals surface area contributed by atoms with Crippen LogP contribution in [0.1, 0.15) is 17.0 Å². The van der Waals surface area contributed by atoms with E-state index in [-0.39, 0.29) is 0 Å². The maximum absolute atomic E-state index is 5.51. The van der Waals surface area contributed by atoms with Gasteiger partial charge in [0.05, 0.1) is 11.3 Å². The standard InChI is InChI=1S/C22H17N3OS/c1-14-5-4-6-15(11-14)19-9-10-20(27-19)22-24-21(26-25-22)12-16-13-23-18-8-3-2-7-17(16)18/h2-11,13,23H,12H2,1H3. The molecule has 0 atom stereocenters. The Bertz CT molecular complexity index is 1230. The number of hydrogen-bond acceptors (Lipinski definition) is 4. The van der Waals surface area contributed by atoms with Crippen molar-refractivity contribution >= 4 is 22.2 Å². The van der Waals surface area contributed by atoms with Crippen LogP contribution in [0.2, 0.25) is 0 Å². The number of aryl methyl sites for hydroxylation is 1. The molecule has 4 nitrogen and oxygen atoms in total. The molecular weight excluding hydrogens is 354 g/mol. The Hall–Kier alpha value is -3.18. The lowest BCUT2D eigenvalue weighted by Crippen LogP contribution is -1.86. The van der Waals surface area contributed by atoms with Crippen LogP contribution in [0.3, 0.4) is 0 Å². The van der Waals surface area contributed by atoms with Gasteiger partial charge in [0.25, 0.3) is 0 Å². The molecule has 1 N–H and O–H groups in total. The average Bonchev–Trinajstić information content (AvgIpc) is 3.42. The van der Waals surface area contributed by atoms with Crippen LogP contribution in [0.5, 0.6) is 0 Å². The summed E-state index contributed by atoms with van der Waals surface area (Å²) in [6.07, 6.45) is 2.63. The van der Waals surface area contributed by atoms with Crippen molar-refractivity contribution in [1.29, 1.82) is 0 Å². The molecule has 0 saturated heterocycles. The topological polar surface area (TPSA) is 54.7 Å². The summed E-state index contributed by atoms with van der Waals surface area (Å²) in [5.74, 6) is 1.27. The molecule has 0 bridgehead atoms. The molecule has 27 heavy (non-hydrogen) atoms. The minimum Gasteiger partial charge on any atom is -0.361 e. The summed E-state index contributed by atoms with van der Waals surface area (Å²) in [6.45, 7) is 2.11. The van der Waals surface area contributed by atoms with Crippen molar-refractivity contribution in [3.63, 3.8) is 0 Å². The number of nitrogens with zero attached hydrogens (tertiary/aromatic N) is 2. The second-order valence-corrected chi connectivity index (χ2v) is 7.67. The molecule has 0 aliphatic carbocycles. The van der Waals surface area contributed by atoms with E-state index in [4.69, 9.17) is 4.52 Å². The first-order valence-corrected chi connectivity index (χ1v) is 9.63. The number of para-hydroxylation sites is 1. The van der Waals surface area contributed by atoms with Crippen LogP contribution in [0.4, 0.5) is 0 Å². The second kappa shape index (κ2) is 6.52. The molecule has 0 aliphatic rings. The molecule has 132 valence electrons. The predicted molar refractivity (Wildman–Crippen MR) is 109 cm³/mol. The number of H-pyrrole nitrogens is 1. The fourth-order valence-corrected chi connectivity index (χ4v) is 4.21. The lowest BCUT2D eigenvalue weighted by Gasteiger charge is -1.98. The molecule has 3 heterocycles. The normalized spacial score (nSPS) is 11.3. The van der Waals surface area contributed by atoms with E-state index >= 15 is 0 Å². The van der Waals surface area contributed by atoms with Gasteiger partial charge in [0.1, 0.15) is 0 Å². The average molecular weight is 371 g/mol. The Morgan fingerprint density at radius 3 is 2.81 bits per heavy atom. The summed E-state index contributed by atoms with van der Waals surface area (Å²) >= 11 is 1.68. The summed E-state index contributed by atoms with van der Waals surface area (Å²) < 4.78 is 5.51. The van der Waals surface area contributed by atoms with Crippen molar-refractivity contribution in [2.75, 3.05) is 0 Å². The van der Waals surface area contributed by atoms with Crippen LogP contribution in [-0.4, -0.2) is 15.1 Å². The molecule has 0 amide bonds. The lowest BCUT2D eigenvalue weighted by atomic mass is 10.1. The smallest absolute Gasteiger partial charge is 0.231 e. The maximum Gasteiger partial charge on any atom is 0.231 e. The summed E-state index contributed by atoms with van der Waals surface area (Å²) in [4.78, 5) is 10.1. The zero-order valence-electron chi connectivity index (χ0n) is 14.8. The Kier molecular flexibility index (Phi) is 3.87. The highest BCUT2D eigenvalue weighted by Gasteiger charge is 2.14. The van der Waals surface area contributed by atoms with E-state index in [9.17, 15) is 0 Å². The van der Waals surface area contributed by atoms with Crippen molar-refractivity contribution in [1.82, 2.24) is 15.1 Å². The minimum absolute atomic E-state index is 0.618. The molecule has 5 aromatic rings. The van der Waals surface area contributed by atoms with Gasteiger partial charge in [-0.25, -0.2) is 0 Å². The molecule has 0 fully saturated rings. The Morgan fingerprint density at radius 2 is 1.89 bits per heavy atom. The molecule has 0 aliphatic heterocycles. The summed E-state index contributed by atoms with van der Waals surface area (Å²) in [5.41, 5.74) is 4.75. The molecule has 5 heteroatoms. The van der Waals surface area contributed by atoms with Crippen molar-refractivity contribution in [3.8, 4) is 21.1 Å². The van der Waals surface area contributed by atoms with Gasteiger partial charge in [-0.15, -0.1) is 11.3 Å². The fraction of sp³-hybridized carbons (Fsp3) is 0.0909. The number of rotatable bonds is 4. The van der Waals surface area contributed by atoms with Crippen LogP contribution in [0.25, 0.3) is 32.0 Å². The Labute approximate surface area is 160 Å². The van der Waals surface area contributed by atoms with Crippen LogP contribution < -0.4 is 0 Å². The van der Waals surface area contributed by atoms with Gasteiger partial charge < -0.3 is 9.51 Å². The number of fused-ring (bicyclic) bond motifs is 1. The van der Waals surface area contributed by atoms with E-state index in [0.717, 1.165) is 16.0 Å². The van der Waals surface area contributed by atoms with Crippen molar-refractivity contribution in [3.05, 3.63) is 83.9 Å². The van der Waals surface area contributed by atoms with Gasteiger partial charge in [-0.2, -0.15) is 4.98 Å². The largest absolute Gasteiger partial charge is 0.361 e. The number of hydrogen-bond donors (Lipinski definition) is 1. The van der Waals surface area contributed by atoms with Gasteiger partial charge in [-0.05, 0) is 36.2 Å². The van der Waals surface area contributed by atoms with Crippen LogP contribution in [0, 0.1) is 6.92 Å². The third-order valence-corrected chi connectivity index (χ3v) is 5.74. The number of aromatic nitrogens is 3. The van der Waals surface area contributed by atoms with E-state index in [1.807, 2.05) is 18.3 Å². The van der Waals surface area contributed by atoms with Crippen LogP contribution in [-0.2, 0) is 6.42 Å². The third-order valence-electron chi connectivity index (χ3n) is 4.61. The van der Waals surface area contributed by atoms with Gasteiger partial charge in [0.15, 0.2) is 0 Å². The highest BCUT2D eigenvalue weighted by Crippen LogP contribution is 2.33. The molecule has 0 radical (unpaired) electrons. The van der Waals surface area contributed by atoms with Gasteiger partial charge in [-0.1, -0.05) is 53.2 Å². The Morgan fingerprint density at radius 1 is 1.00 bits per heavy atom. The molecular formula is C22H17N3OS. The van der Waals surface area contributed by atoms with Crippen molar-refractivity contribution in [2.45, 2.75) is 13.3 Å². The van der Waals surface area contributed by atoms with Gasteiger partial charge in [0, 0.05) is 22.0 Å². The fourth-order valence-electron chi connectivity index (χ4n) is 3.28. The van der Waals surface area contributed by atoms with E-state index in [2.05, 4.69) is 70.6 Å². The number of benzene rings is 2. The van der Waals surface area contributed by atoms with E-state index in [0.29, 0.717) is 18.1 Å². The number of thiophene rings is 1. The predicted octanol–water partition coefficient (Wildman–Crippen LogP) is 5.85. The second-order valence-electron chi connectivity index (χ2n) is 6.58. The van der Waals surface area contributed by atoms with Crippen LogP contribution >= 0.6 is 11.3 Å². The maximum atomic E-state index is 5.51. The van der Waals surface area contributed by atoms with E-state index < -0.39 is 0 Å². The van der Waals surface area contributed by atoms with Crippen molar-refractivity contribution < 1.29 is 4.52 Å². The first-order chi connectivity index (χ1) is 13.3. The van der Waals surface area contributed by atoms with E-state index in [1.54, 1.807) is 11.3 Å². The lowest BCUT2D eigenvalue weighted by molar-refractivity contribution is 0.386. The van der Waals surface area contributed by atoms with Gasteiger partial charge in [0.2, 0.25) is 11.7 Å². The van der Waals surface area contributed by atoms with Gasteiger partial charge in [-0.3, -0.25) is 0 Å². The monoisotopic (exact) mass is 371 g/mol. The molecule has 0 unspecified atom stereocenters. The molecule has 3 aromatic heterocycles.